The fraction of sp³-hybridized carbons (Fsp3) is 0.190. The molecule has 0 radical (unpaired) electrons. The minimum atomic E-state index is -3.95. The Morgan fingerprint density at radius 2 is 1.64 bits per heavy atom. The largest absolute Gasteiger partial charge is 0.335 e. The van der Waals surface area contributed by atoms with Crippen molar-refractivity contribution in [2.24, 2.45) is 0 Å². The van der Waals surface area contributed by atoms with Crippen LogP contribution in [0.4, 0.5) is 5.69 Å². The fourth-order valence-electron chi connectivity index (χ4n) is 3.48. The van der Waals surface area contributed by atoms with E-state index < -0.39 is 20.9 Å². The molecular formula is C21H19N5O6S. The first-order valence-corrected chi connectivity index (χ1v) is 11.4. The lowest BCUT2D eigenvalue weighted by Crippen LogP contribution is -2.50. The second-order valence-electron chi connectivity index (χ2n) is 7.25. The number of nitro groups is 1. The topological polar surface area (TPSA) is 136 Å². The Bertz CT molecular complexity index is 1370. The number of sulfonamides is 1. The van der Waals surface area contributed by atoms with Gasteiger partial charge in [-0.1, -0.05) is 24.3 Å². The highest BCUT2D eigenvalue weighted by Gasteiger charge is 2.31. The highest BCUT2D eigenvalue weighted by molar-refractivity contribution is 7.89. The first-order valence-electron chi connectivity index (χ1n) is 9.97. The van der Waals surface area contributed by atoms with Crippen molar-refractivity contribution in [2.45, 2.75) is 4.90 Å². The molecule has 1 aromatic heterocycles. The van der Waals surface area contributed by atoms with Crippen molar-refractivity contribution >= 4 is 21.6 Å². The van der Waals surface area contributed by atoms with Crippen LogP contribution >= 0.6 is 0 Å². The Morgan fingerprint density at radius 3 is 2.30 bits per heavy atom. The molecule has 2 heterocycles. The zero-order chi connectivity index (χ0) is 23.6. The monoisotopic (exact) mass is 469 g/mol. The van der Waals surface area contributed by atoms with Gasteiger partial charge in [0, 0.05) is 44.4 Å². The summed E-state index contributed by atoms with van der Waals surface area (Å²) in [4.78, 5) is 36.7. The quantitative estimate of drug-likeness (QED) is 0.406. The van der Waals surface area contributed by atoms with E-state index in [1.54, 1.807) is 30.3 Å². The smallest absolute Gasteiger partial charge is 0.274 e. The summed E-state index contributed by atoms with van der Waals surface area (Å²) in [5.41, 5.74) is -0.117. The highest BCUT2D eigenvalue weighted by Crippen LogP contribution is 2.22. The molecule has 0 saturated carbocycles. The number of nitro benzene ring substituents is 1. The number of carbonyl (C=O) groups excluding carboxylic acids is 1. The van der Waals surface area contributed by atoms with Gasteiger partial charge in [-0.25, -0.2) is 8.42 Å². The van der Waals surface area contributed by atoms with E-state index in [1.807, 2.05) is 0 Å². The molecule has 0 bridgehead atoms. The molecule has 0 aliphatic carbocycles. The van der Waals surface area contributed by atoms with Crippen molar-refractivity contribution in [3.63, 3.8) is 0 Å². The number of carbonyl (C=O) groups is 1. The van der Waals surface area contributed by atoms with Crippen molar-refractivity contribution in [1.29, 1.82) is 0 Å². The highest BCUT2D eigenvalue weighted by atomic mass is 32.2. The van der Waals surface area contributed by atoms with Crippen molar-refractivity contribution in [3.8, 4) is 5.69 Å². The molecule has 11 nitrogen and oxygen atoms in total. The molecule has 0 atom stereocenters. The molecule has 1 saturated heterocycles. The molecule has 33 heavy (non-hydrogen) atoms. The van der Waals surface area contributed by atoms with Crippen LogP contribution in [0.5, 0.6) is 0 Å². The van der Waals surface area contributed by atoms with E-state index in [4.69, 9.17) is 0 Å². The lowest BCUT2D eigenvalue weighted by molar-refractivity contribution is -0.385. The Morgan fingerprint density at radius 1 is 0.939 bits per heavy atom. The first kappa shape index (κ1) is 22.3. The summed E-state index contributed by atoms with van der Waals surface area (Å²) in [5, 5.41) is 15.1. The van der Waals surface area contributed by atoms with E-state index in [0.717, 1.165) is 10.7 Å². The van der Waals surface area contributed by atoms with Crippen molar-refractivity contribution in [3.05, 3.63) is 92.9 Å². The Balaban J connectivity index is 1.49. The first-order chi connectivity index (χ1) is 15.8. The maximum atomic E-state index is 12.9. The fourth-order valence-corrected chi connectivity index (χ4v) is 4.94. The molecule has 1 aliphatic heterocycles. The van der Waals surface area contributed by atoms with Gasteiger partial charge in [0.15, 0.2) is 0 Å². The van der Waals surface area contributed by atoms with E-state index in [1.165, 1.54) is 39.5 Å². The maximum absolute atomic E-state index is 12.9. The van der Waals surface area contributed by atoms with Crippen LogP contribution < -0.4 is 5.56 Å². The SMILES string of the molecule is O=C(c1ccc(=O)n(-c2ccccc2)n1)N1CCN(S(=O)(=O)c2cccc([N+](=O)[O-])c2)CC1. The third-order valence-electron chi connectivity index (χ3n) is 5.21. The normalized spacial score (nSPS) is 14.7. The van der Waals surface area contributed by atoms with Crippen LogP contribution in [0.25, 0.3) is 5.69 Å². The number of nitrogens with zero attached hydrogens (tertiary/aromatic N) is 5. The standard InChI is InChI=1S/C21H19N5O6S/c27-20-10-9-19(22-25(20)16-5-2-1-3-6-16)21(28)23-11-13-24(14-12-23)33(31,32)18-8-4-7-17(15-18)26(29)30/h1-10,15H,11-14H2. The molecule has 12 heteroatoms. The number of hydrogen-bond acceptors (Lipinski definition) is 7. The van der Waals surface area contributed by atoms with Crippen LogP contribution in [0.1, 0.15) is 10.5 Å². The molecule has 170 valence electrons. The third-order valence-corrected chi connectivity index (χ3v) is 7.11. The lowest BCUT2D eigenvalue weighted by Gasteiger charge is -2.33. The van der Waals surface area contributed by atoms with Crippen molar-refractivity contribution in [1.82, 2.24) is 19.0 Å². The molecule has 0 unspecified atom stereocenters. The van der Waals surface area contributed by atoms with Crippen LogP contribution in [-0.2, 0) is 10.0 Å². The number of non-ortho nitro benzene ring substituents is 1. The number of para-hydroxylation sites is 1. The van der Waals surface area contributed by atoms with Crippen LogP contribution in [0.15, 0.2) is 76.4 Å². The summed E-state index contributed by atoms with van der Waals surface area (Å²) in [6, 6.07) is 16.1. The van der Waals surface area contributed by atoms with Gasteiger partial charge >= 0.3 is 0 Å². The number of amides is 1. The average Bonchev–Trinajstić information content (AvgIpc) is 2.84. The number of piperazine rings is 1. The second kappa shape index (κ2) is 8.92. The Labute approximate surface area is 188 Å². The minimum Gasteiger partial charge on any atom is -0.335 e. The molecule has 3 aromatic rings. The molecule has 1 fully saturated rings. The summed E-state index contributed by atoms with van der Waals surface area (Å²) < 4.78 is 28.1. The average molecular weight is 469 g/mol. The molecule has 2 aromatic carbocycles. The third kappa shape index (κ3) is 4.52. The van der Waals surface area contributed by atoms with Crippen LogP contribution in [0.3, 0.4) is 0 Å². The molecule has 0 spiro atoms. The van der Waals surface area contributed by atoms with E-state index in [2.05, 4.69) is 5.10 Å². The summed E-state index contributed by atoms with van der Waals surface area (Å²) in [7, 11) is -3.95. The van der Waals surface area contributed by atoms with Crippen LogP contribution in [0.2, 0.25) is 0 Å². The maximum Gasteiger partial charge on any atom is 0.274 e. The van der Waals surface area contributed by atoms with Gasteiger partial charge in [0.05, 0.1) is 15.5 Å². The Hall–Kier alpha value is -3.90. The molecule has 1 aliphatic rings. The summed E-state index contributed by atoms with van der Waals surface area (Å²) >= 11 is 0. The van der Waals surface area contributed by atoms with Gasteiger partial charge < -0.3 is 4.90 Å². The number of rotatable bonds is 5. The van der Waals surface area contributed by atoms with E-state index in [9.17, 15) is 28.1 Å². The van der Waals surface area contributed by atoms with Gasteiger partial charge in [-0.05, 0) is 24.3 Å². The number of aromatic nitrogens is 2. The lowest BCUT2D eigenvalue weighted by atomic mass is 10.3. The van der Waals surface area contributed by atoms with Gasteiger partial charge in [0.25, 0.3) is 17.2 Å². The van der Waals surface area contributed by atoms with E-state index in [-0.39, 0.29) is 48.0 Å². The van der Waals surface area contributed by atoms with Crippen LogP contribution in [0, 0.1) is 10.1 Å². The van der Waals surface area contributed by atoms with Gasteiger partial charge in [0.1, 0.15) is 5.69 Å². The van der Waals surface area contributed by atoms with Crippen molar-refractivity contribution in [2.75, 3.05) is 26.2 Å². The summed E-state index contributed by atoms with van der Waals surface area (Å²) in [5.74, 6) is -0.424. The number of hydrogen-bond donors (Lipinski definition) is 0. The van der Waals surface area contributed by atoms with E-state index in [0.29, 0.717) is 5.69 Å². The Kier molecular flexibility index (Phi) is 6.03. The van der Waals surface area contributed by atoms with Crippen LogP contribution in [-0.4, -0.2) is 64.4 Å². The predicted octanol–water partition coefficient (Wildman–Crippen LogP) is 1.29. The van der Waals surface area contributed by atoms with Gasteiger partial charge in [-0.15, -0.1) is 0 Å². The summed E-state index contributed by atoms with van der Waals surface area (Å²) in [6.45, 7) is 0.266. The van der Waals surface area contributed by atoms with Gasteiger partial charge in [-0.2, -0.15) is 14.1 Å². The summed E-state index contributed by atoms with van der Waals surface area (Å²) in [6.07, 6.45) is 0. The molecule has 0 N–H and O–H groups in total. The van der Waals surface area contributed by atoms with Gasteiger partial charge in [-0.3, -0.25) is 19.7 Å². The minimum absolute atomic E-state index is 0.0229. The number of benzene rings is 2. The molecule has 4 rings (SSSR count). The second-order valence-corrected chi connectivity index (χ2v) is 9.19. The zero-order valence-corrected chi connectivity index (χ0v) is 18.1. The van der Waals surface area contributed by atoms with Gasteiger partial charge in [0.2, 0.25) is 10.0 Å². The van der Waals surface area contributed by atoms with Crippen molar-refractivity contribution < 1.29 is 18.1 Å². The molecular weight excluding hydrogens is 450 g/mol. The molecule has 1 amide bonds. The predicted molar refractivity (Wildman–Crippen MR) is 118 cm³/mol. The zero-order valence-electron chi connectivity index (χ0n) is 17.3. The van der Waals surface area contributed by atoms with E-state index >= 15 is 0 Å².